The molecule has 2 fully saturated rings. The van der Waals surface area contributed by atoms with Crippen LogP contribution in [0.4, 0.5) is 19.0 Å². The van der Waals surface area contributed by atoms with E-state index >= 15 is 0 Å². The molecule has 2 aliphatic carbocycles. The molecule has 3 aromatic rings. The van der Waals surface area contributed by atoms with Gasteiger partial charge in [0.05, 0.1) is 16.8 Å². The molecule has 2 heterocycles. The fourth-order valence-electron chi connectivity index (χ4n) is 5.08. The highest BCUT2D eigenvalue weighted by atomic mass is 32.2. The van der Waals surface area contributed by atoms with Gasteiger partial charge in [0.25, 0.3) is 0 Å². The van der Waals surface area contributed by atoms with E-state index in [-0.39, 0.29) is 48.6 Å². The zero-order chi connectivity index (χ0) is 26.6. The van der Waals surface area contributed by atoms with Crippen molar-refractivity contribution in [2.45, 2.75) is 61.2 Å². The van der Waals surface area contributed by atoms with Crippen molar-refractivity contribution in [1.29, 1.82) is 0 Å². The van der Waals surface area contributed by atoms with Gasteiger partial charge < -0.3 is 10.5 Å². The Hall–Kier alpha value is -3.59. The number of benzene rings is 1. The van der Waals surface area contributed by atoms with Crippen LogP contribution >= 0.6 is 0 Å². The number of aromatic nitrogens is 5. The average molecular weight is 538 g/mol. The number of carbonyl (C=O) groups excluding carboxylic acids is 1. The standard InChI is InChI=1S/C22H22F3N7O4S/c1-13-2-3-14(8-15(13)16-9-28-17(26)18(30-16)32-12-27-11-29-32)37(34,35)31-20-4-6-21(10-20,7-5-20)36-19(33)22(23,24)25/h2-3,8-9,11-12,31H,4-7,10H2,1H3,(H2,26,28). The van der Waals surface area contributed by atoms with E-state index in [1.165, 1.54) is 35.7 Å². The van der Waals surface area contributed by atoms with Crippen LogP contribution in [-0.4, -0.2) is 56.4 Å². The van der Waals surface area contributed by atoms with Gasteiger partial charge in [0.15, 0.2) is 11.6 Å². The molecule has 0 amide bonds. The Balaban J connectivity index is 1.41. The molecule has 0 atom stereocenters. The summed E-state index contributed by atoms with van der Waals surface area (Å²) in [5.74, 6) is -1.93. The number of carbonyl (C=O) groups is 1. The van der Waals surface area contributed by atoms with E-state index < -0.39 is 33.3 Å². The van der Waals surface area contributed by atoms with Crippen LogP contribution in [0, 0.1) is 6.92 Å². The Morgan fingerprint density at radius 1 is 1.22 bits per heavy atom. The first-order chi connectivity index (χ1) is 17.3. The highest BCUT2D eigenvalue weighted by Crippen LogP contribution is 2.53. The third-order valence-corrected chi connectivity index (χ3v) is 8.46. The van der Waals surface area contributed by atoms with E-state index in [2.05, 4.69) is 24.8 Å². The molecule has 2 aliphatic rings. The van der Waals surface area contributed by atoms with Gasteiger partial charge in [-0.1, -0.05) is 6.07 Å². The van der Waals surface area contributed by atoms with Crippen molar-refractivity contribution in [3.8, 4) is 17.1 Å². The zero-order valence-corrected chi connectivity index (χ0v) is 20.3. The summed E-state index contributed by atoms with van der Waals surface area (Å²) in [7, 11) is -4.09. The number of halogens is 3. The number of anilines is 1. The minimum absolute atomic E-state index is 0.0233. The van der Waals surface area contributed by atoms with Crippen molar-refractivity contribution >= 4 is 21.8 Å². The number of aryl methyl sites for hydroxylation is 1. The average Bonchev–Trinajstić information content (AvgIpc) is 3.55. The molecule has 11 nitrogen and oxygen atoms in total. The molecule has 0 aliphatic heterocycles. The molecule has 1 aromatic carbocycles. The smallest absolute Gasteiger partial charge is 0.452 e. The Kier molecular flexibility index (Phi) is 5.75. The predicted octanol–water partition coefficient (Wildman–Crippen LogP) is 2.45. The molecule has 5 rings (SSSR count). The monoisotopic (exact) mass is 537 g/mol. The van der Waals surface area contributed by atoms with E-state index in [1.54, 1.807) is 13.0 Å². The number of nitrogen functional groups attached to an aromatic ring is 1. The maximum Gasteiger partial charge on any atom is 0.490 e. The van der Waals surface area contributed by atoms with E-state index in [0.29, 0.717) is 11.3 Å². The van der Waals surface area contributed by atoms with E-state index in [4.69, 9.17) is 10.5 Å². The summed E-state index contributed by atoms with van der Waals surface area (Å²) in [5, 5.41) is 4.00. The minimum Gasteiger partial charge on any atom is -0.452 e. The first kappa shape index (κ1) is 25.1. The van der Waals surface area contributed by atoms with Crippen LogP contribution in [0.1, 0.15) is 37.7 Å². The molecule has 15 heteroatoms. The lowest BCUT2D eigenvalue weighted by atomic mass is 9.93. The second-order valence-corrected chi connectivity index (χ2v) is 11.1. The van der Waals surface area contributed by atoms with E-state index in [0.717, 1.165) is 5.56 Å². The van der Waals surface area contributed by atoms with Crippen LogP contribution in [0.25, 0.3) is 17.1 Å². The summed E-state index contributed by atoms with van der Waals surface area (Å²) in [6, 6.07) is 4.50. The third kappa shape index (κ3) is 4.64. The van der Waals surface area contributed by atoms with Crippen LogP contribution in [-0.2, 0) is 19.6 Å². The van der Waals surface area contributed by atoms with Crippen molar-refractivity contribution in [3.05, 3.63) is 42.6 Å². The number of fused-ring (bicyclic) bond motifs is 2. The van der Waals surface area contributed by atoms with Crippen LogP contribution in [0.15, 0.2) is 41.9 Å². The Labute approximate surface area is 209 Å². The summed E-state index contributed by atoms with van der Waals surface area (Å²) < 4.78 is 73.8. The topological polar surface area (TPSA) is 155 Å². The number of hydrogen-bond donors (Lipinski definition) is 2. The maximum absolute atomic E-state index is 13.4. The first-order valence-corrected chi connectivity index (χ1v) is 12.7. The van der Waals surface area contributed by atoms with Gasteiger partial charge in [-0.2, -0.15) is 23.0 Å². The van der Waals surface area contributed by atoms with Crippen LogP contribution in [0.2, 0.25) is 0 Å². The molecule has 0 spiro atoms. The molecule has 0 saturated heterocycles. The van der Waals surface area contributed by atoms with Crippen molar-refractivity contribution in [2.75, 3.05) is 5.73 Å². The zero-order valence-electron chi connectivity index (χ0n) is 19.5. The van der Waals surface area contributed by atoms with Gasteiger partial charge in [0.2, 0.25) is 10.0 Å². The molecule has 2 saturated carbocycles. The van der Waals surface area contributed by atoms with Crippen molar-refractivity contribution < 1.29 is 31.1 Å². The summed E-state index contributed by atoms with van der Waals surface area (Å²) in [6.07, 6.45) is -0.229. The highest BCUT2D eigenvalue weighted by molar-refractivity contribution is 7.89. The van der Waals surface area contributed by atoms with Crippen molar-refractivity contribution in [2.24, 2.45) is 0 Å². The number of ether oxygens (including phenoxy) is 1. The fourth-order valence-corrected chi connectivity index (χ4v) is 6.56. The Bertz CT molecular complexity index is 1470. The quantitative estimate of drug-likeness (QED) is 0.451. The third-order valence-electron chi connectivity index (χ3n) is 6.88. The van der Waals surface area contributed by atoms with Gasteiger partial charge in [-0.15, -0.1) is 0 Å². The number of alkyl halides is 3. The summed E-state index contributed by atoms with van der Waals surface area (Å²) >= 11 is 0. The van der Waals surface area contributed by atoms with Gasteiger partial charge in [0, 0.05) is 17.5 Å². The first-order valence-electron chi connectivity index (χ1n) is 11.2. The second-order valence-electron chi connectivity index (χ2n) is 9.41. The van der Waals surface area contributed by atoms with Gasteiger partial charge >= 0.3 is 12.1 Å². The number of nitrogens with one attached hydrogen (secondary N) is 1. The number of hydrogen-bond acceptors (Lipinski definition) is 9. The molecule has 2 aromatic heterocycles. The van der Waals surface area contributed by atoms with Crippen LogP contribution < -0.4 is 10.5 Å². The van der Waals surface area contributed by atoms with E-state index in [1.807, 2.05) is 0 Å². The molecule has 2 bridgehead atoms. The summed E-state index contributed by atoms with van der Waals surface area (Å²) in [4.78, 5) is 23.9. The predicted molar refractivity (Wildman–Crippen MR) is 123 cm³/mol. The number of sulfonamides is 1. The molecule has 196 valence electrons. The number of rotatable bonds is 6. The number of esters is 1. The van der Waals surface area contributed by atoms with Crippen LogP contribution in [0.3, 0.4) is 0 Å². The summed E-state index contributed by atoms with van der Waals surface area (Å²) in [5.41, 5.74) is 5.16. The van der Waals surface area contributed by atoms with Gasteiger partial charge in [-0.3, -0.25) is 0 Å². The number of nitrogens with zero attached hydrogens (tertiary/aromatic N) is 5. The van der Waals surface area contributed by atoms with Crippen LogP contribution in [0.5, 0.6) is 0 Å². The lowest BCUT2D eigenvalue weighted by Crippen LogP contribution is -2.44. The molecule has 0 radical (unpaired) electrons. The highest BCUT2D eigenvalue weighted by Gasteiger charge is 2.60. The fraction of sp³-hybridized carbons (Fsp3) is 0.409. The normalized spacial score (nSPS) is 23.4. The Morgan fingerprint density at radius 2 is 1.95 bits per heavy atom. The minimum atomic E-state index is -5.11. The maximum atomic E-state index is 13.4. The van der Waals surface area contributed by atoms with Crippen molar-refractivity contribution in [1.82, 2.24) is 29.5 Å². The summed E-state index contributed by atoms with van der Waals surface area (Å²) in [6.45, 7) is 1.78. The molecule has 0 unspecified atom stereocenters. The molecular formula is C22H22F3N7O4S. The number of nitrogens with two attached hydrogens (primary N) is 1. The lowest BCUT2D eigenvalue weighted by Gasteiger charge is -2.28. The SMILES string of the molecule is Cc1ccc(S(=O)(=O)NC23CCC(OC(=O)C(F)(F)F)(CC2)C3)cc1-c1cnc(N)c(-n2cncn2)n1. The van der Waals surface area contributed by atoms with Gasteiger partial charge in [0.1, 0.15) is 18.3 Å². The van der Waals surface area contributed by atoms with E-state index in [9.17, 15) is 26.4 Å². The second kappa shape index (κ2) is 8.48. The Morgan fingerprint density at radius 3 is 2.59 bits per heavy atom. The lowest BCUT2D eigenvalue weighted by molar-refractivity contribution is -0.213. The molecule has 37 heavy (non-hydrogen) atoms. The van der Waals surface area contributed by atoms with Gasteiger partial charge in [-0.25, -0.2) is 32.9 Å². The molecule has 3 N–H and O–H groups in total. The molecular weight excluding hydrogens is 515 g/mol. The van der Waals surface area contributed by atoms with Crippen molar-refractivity contribution in [3.63, 3.8) is 0 Å². The van der Waals surface area contributed by atoms with Gasteiger partial charge in [-0.05, 0) is 50.3 Å². The largest absolute Gasteiger partial charge is 0.490 e.